The number of benzene rings is 1. The van der Waals surface area contributed by atoms with Gasteiger partial charge in [-0.3, -0.25) is 0 Å². The molecule has 2 fully saturated rings. The zero-order valence-corrected chi connectivity index (χ0v) is 14.7. The number of nitrogens with one attached hydrogen (secondary N) is 1. The van der Waals surface area contributed by atoms with E-state index in [1.54, 1.807) is 0 Å². The van der Waals surface area contributed by atoms with Gasteiger partial charge in [0.2, 0.25) is 0 Å². The predicted molar refractivity (Wildman–Crippen MR) is 94.0 cm³/mol. The number of likely N-dealkylation sites (N-methyl/N-ethyl adjacent to an activating group) is 1. The monoisotopic (exact) mass is 341 g/mol. The third kappa shape index (κ3) is 1.68. The Morgan fingerprint density at radius 1 is 1.40 bits per heavy atom. The number of carbonyl (C=O) groups is 1. The molecule has 132 valence electrons. The number of carboxylic acid groups (broad SMARTS) is 1. The Morgan fingerprint density at radius 3 is 2.88 bits per heavy atom. The van der Waals surface area contributed by atoms with Crippen LogP contribution in [0.2, 0.25) is 0 Å². The minimum Gasteiger partial charge on any atom is -0.478 e. The van der Waals surface area contributed by atoms with Gasteiger partial charge in [0.25, 0.3) is 0 Å². The number of rotatable bonds is 2. The number of nitrogens with zero attached hydrogens (tertiary/aromatic N) is 1. The second-order valence-electron chi connectivity index (χ2n) is 8.63. The Labute approximate surface area is 147 Å². The molecule has 1 aliphatic carbocycles. The Balaban J connectivity index is 1.81. The molecule has 0 aromatic heterocycles. The smallest absolute Gasteiger partial charge is 0.333 e. The van der Waals surface area contributed by atoms with Crippen molar-refractivity contribution in [2.75, 3.05) is 25.5 Å². The highest BCUT2D eigenvalue weighted by Gasteiger charge is 2.69. The first-order valence-electron chi connectivity index (χ1n) is 9.25. The maximum absolute atomic E-state index is 12.3. The average Bonchev–Trinajstić information content (AvgIpc) is 3.07. The molecule has 5 rings (SSSR count). The number of quaternary nitrogens is 1. The number of anilines is 1. The number of aliphatic carboxylic acids is 1. The number of aliphatic hydroxyl groups excluding tert-OH is 1. The summed E-state index contributed by atoms with van der Waals surface area (Å²) in [4.78, 5) is 12.3. The molecule has 0 radical (unpaired) electrons. The summed E-state index contributed by atoms with van der Waals surface area (Å²) in [6.07, 6.45) is 1.34. The lowest BCUT2D eigenvalue weighted by atomic mass is 9.59. The zero-order chi connectivity index (χ0) is 17.6. The highest BCUT2D eigenvalue weighted by atomic mass is 16.4. The van der Waals surface area contributed by atoms with Crippen LogP contribution in [-0.4, -0.2) is 52.9 Å². The highest BCUT2D eigenvalue weighted by Crippen LogP contribution is 2.63. The number of piperidine rings is 1. The van der Waals surface area contributed by atoms with Crippen molar-refractivity contribution in [1.29, 1.82) is 0 Å². The summed E-state index contributed by atoms with van der Waals surface area (Å²) in [7, 11) is 2.30. The lowest BCUT2D eigenvalue weighted by Crippen LogP contribution is -2.65. The second kappa shape index (κ2) is 4.65. The third-order valence-corrected chi connectivity index (χ3v) is 7.56. The lowest BCUT2D eigenvalue weighted by molar-refractivity contribution is -0.933. The molecule has 2 bridgehead atoms. The van der Waals surface area contributed by atoms with Gasteiger partial charge in [-0.25, -0.2) is 4.79 Å². The van der Waals surface area contributed by atoms with Crippen molar-refractivity contribution in [3.05, 3.63) is 41.1 Å². The number of para-hydroxylation sites is 1. The summed E-state index contributed by atoms with van der Waals surface area (Å²) in [5.74, 6) is -0.898. The molecule has 0 saturated carbocycles. The molecule has 1 spiro atoms. The topological polar surface area (TPSA) is 69.6 Å². The first kappa shape index (κ1) is 15.4. The first-order chi connectivity index (χ1) is 11.9. The number of fused-ring (bicyclic) bond motifs is 2. The molecule has 5 nitrogen and oxygen atoms in total. The third-order valence-electron chi connectivity index (χ3n) is 7.56. The van der Waals surface area contributed by atoms with Crippen molar-refractivity contribution in [2.45, 2.75) is 37.3 Å². The lowest BCUT2D eigenvalue weighted by Gasteiger charge is -2.54. The van der Waals surface area contributed by atoms with Gasteiger partial charge in [-0.15, -0.1) is 0 Å². The van der Waals surface area contributed by atoms with E-state index in [-0.39, 0.29) is 17.3 Å². The average molecular weight is 341 g/mol. The molecule has 25 heavy (non-hydrogen) atoms. The highest BCUT2D eigenvalue weighted by molar-refractivity contribution is 5.92. The quantitative estimate of drug-likeness (QED) is 0.719. The molecular weight excluding hydrogens is 316 g/mol. The molecule has 3 aliphatic heterocycles. The normalized spacial score (nSPS) is 41.8. The molecule has 2 unspecified atom stereocenters. The van der Waals surface area contributed by atoms with Crippen LogP contribution in [0.25, 0.3) is 0 Å². The zero-order valence-electron chi connectivity index (χ0n) is 14.7. The standard InChI is InChI=1S/C20H24N2O3/c1-11(23)13-10-22(2)8-7-20-14-5-3-4-6-15(14)21-18(20)17(19(24)25)12(13)9-16(20)22/h3-6,11-13,16,21,23H,7-10H2,1-2H3/p+1/t11-,12-,13-,16-,20?,22?/m0/s1. The number of hydrogen-bond acceptors (Lipinski definition) is 3. The van der Waals surface area contributed by atoms with Gasteiger partial charge in [0.05, 0.1) is 37.2 Å². The molecule has 5 heteroatoms. The fraction of sp³-hybridized carbons (Fsp3) is 0.550. The van der Waals surface area contributed by atoms with Gasteiger partial charge in [0, 0.05) is 36.1 Å². The van der Waals surface area contributed by atoms with Crippen molar-refractivity contribution < 1.29 is 19.5 Å². The van der Waals surface area contributed by atoms with Crippen molar-refractivity contribution in [3.63, 3.8) is 0 Å². The van der Waals surface area contributed by atoms with Crippen molar-refractivity contribution >= 4 is 11.7 Å². The maximum Gasteiger partial charge on any atom is 0.333 e. The van der Waals surface area contributed by atoms with Crippen LogP contribution in [0.4, 0.5) is 5.69 Å². The van der Waals surface area contributed by atoms with E-state index in [4.69, 9.17) is 0 Å². The first-order valence-corrected chi connectivity index (χ1v) is 9.25. The number of aliphatic hydroxyl groups is 1. The van der Waals surface area contributed by atoms with Crippen LogP contribution in [0, 0.1) is 11.8 Å². The molecule has 4 aliphatic rings. The van der Waals surface area contributed by atoms with Crippen LogP contribution in [0.5, 0.6) is 0 Å². The van der Waals surface area contributed by atoms with E-state index >= 15 is 0 Å². The molecule has 0 amide bonds. The van der Waals surface area contributed by atoms with Crippen LogP contribution in [0.3, 0.4) is 0 Å². The fourth-order valence-electron chi connectivity index (χ4n) is 6.53. The Bertz CT molecular complexity index is 817. The van der Waals surface area contributed by atoms with Crippen LogP contribution < -0.4 is 5.32 Å². The molecule has 6 atom stereocenters. The van der Waals surface area contributed by atoms with E-state index in [2.05, 4.69) is 30.6 Å². The molecule has 1 aromatic rings. The van der Waals surface area contributed by atoms with Crippen LogP contribution in [-0.2, 0) is 10.2 Å². The maximum atomic E-state index is 12.3. The van der Waals surface area contributed by atoms with Gasteiger partial charge < -0.3 is 20.0 Å². The summed E-state index contributed by atoms with van der Waals surface area (Å²) in [6.45, 7) is 3.71. The molecule has 3 N–H and O–H groups in total. The number of carboxylic acids is 1. The van der Waals surface area contributed by atoms with Gasteiger partial charge in [0.1, 0.15) is 6.04 Å². The van der Waals surface area contributed by atoms with Gasteiger partial charge in [-0.2, -0.15) is 0 Å². The van der Waals surface area contributed by atoms with Crippen molar-refractivity contribution in [1.82, 2.24) is 0 Å². The minimum absolute atomic E-state index is 0.00135. The summed E-state index contributed by atoms with van der Waals surface area (Å²) in [5, 5.41) is 24.0. The van der Waals surface area contributed by atoms with E-state index in [1.165, 1.54) is 5.56 Å². The van der Waals surface area contributed by atoms with Gasteiger partial charge in [-0.05, 0) is 18.6 Å². The summed E-state index contributed by atoms with van der Waals surface area (Å²) in [5.41, 5.74) is 3.57. The van der Waals surface area contributed by atoms with E-state index in [9.17, 15) is 15.0 Å². The SMILES string of the molecule is C[C@H](O)[C@@H]1C[N+]2(C)CCC34C(=C(C(=O)O)[C@H]1C[C@@H]32)Nc1ccccc14. The van der Waals surface area contributed by atoms with Crippen molar-refractivity contribution in [2.24, 2.45) is 11.8 Å². The van der Waals surface area contributed by atoms with Crippen LogP contribution in [0.15, 0.2) is 35.5 Å². The molecule has 3 heterocycles. The summed E-state index contributed by atoms with van der Waals surface area (Å²) >= 11 is 0. The van der Waals surface area contributed by atoms with Crippen LogP contribution in [0.1, 0.15) is 25.3 Å². The largest absolute Gasteiger partial charge is 0.478 e. The second-order valence-corrected chi connectivity index (χ2v) is 8.63. The van der Waals surface area contributed by atoms with E-state index < -0.39 is 12.1 Å². The van der Waals surface area contributed by atoms with Crippen LogP contribution >= 0.6 is 0 Å². The van der Waals surface area contributed by atoms with Gasteiger partial charge in [0.15, 0.2) is 0 Å². The summed E-state index contributed by atoms with van der Waals surface area (Å²) in [6, 6.07) is 8.70. The fourth-order valence-corrected chi connectivity index (χ4v) is 6.53. The van der Waals surface area contributed by atoms with Gasteiger partial charge >= 0.3 is 5.97 Å². The minimum atomic E-state index is -0.827. The van der Waals surface area contributed by atoms with E-state index in [0.717, 1.165) is 41.8 Å². The Hall–Kier alpha value is -1.85. The van der Waals surface area contributed by atoms with E-state index in [1.807, 2.05) is 13.0 Å². The van der Waals surface area contributed by atoms with Gasteiger partial charge in [-0.1, -0.05) is 18.2 Å². The van der Waals surface area contributed by atoms with Crippen molar-refractivity contribution in [3.8, 4) is 0 Å². The Morgan fingerprint density at radius 2 is 2.16 bits per heavy atom. The molecule has 2 saturated heterocycles. The molecule has 1 aromatic carbocycles. The Kier molecular flexibility index (Phi) is 2.87. The summed E-state index contributed by atoms with van der Waals surface area (Å²) < 4.78 is 0.943. The van der Waals surface area contributed by atoms with E-state index in [0.29, 0.717) is 11.6 Å². The molecular formula is C20H25N2O3+. The number of hydrogen-bond donors (Lipinski definition) is 3. The predicted octanol–water partition coefficient (Wildman–Crippen LogP) is 1.94.